The molecule has 0 saturated carbocycles. The van der Waals surface area contributed by atoms with Crippen LogP contribution in [0.3, 0.4) is 0 Å². The van der Waals surface area contributed by atoms with E-state index in [0.29, 0.717) is 35.1 Å². The largest absolute Gasteiger partial charge is 0.397 e. The molecule has 0 aromatic carbocycles. The van der Waals surface area contributed by atoms with E-state index in [1.54, 1.807) is 19.4 Å². The van der Waals surface area contributed by atoms with Crippen molar-refractivity contribution in [2.24, 2.45) is 4.99 Å². The number of piperazine rings is 1. The number of carbonyl (C=O) groups is 1. The number of hydrogen-bond acceptors (Lipinski definition) is 8. The maximum Gasteiger partial charge on any atom is 0.244 e. The highest BCUT2D eigenvalue weighted by Gasteiger charge is 2.44. The summed E-state index contributed by atoms with van der Waals surface area (Å²) in [5, 5.41) is 3.78. The monoisotopic (exact) mass is 475 g/mol. The molecule has 3 atom stereocenters. The number of methoxy groups -OCH3 is 1. The number of nitrogens with two attached hydrogens (primary N) is 1. The van der Waals surface area contributed by atoms with E-state index >= 15 is 0 Å². The van der Waals surface area contributed by atoms with Crippen molar-refractivity contribution in [3.8, 4) is 11.1 Å². The van der Waals surface area contributed by atoms with Crippen molar-refractivity contribution in [1.82, 2.24) is 19.5 Å². The van der Waals surface area contributed by atoms with Gasteiger partial charge in [-0.05, 0) is 30.2 Å². The van der Waals surface area contributed by atoms with E-state index in [2.05, 4.69) is 26.0 Å². The number of rotatable bonds is 6. The third-order valence-corrected chi connectivity index (χ3v) is 7.21. The van der Waals surface area contributed by atoms with Gasteiger partial charge in [-0.25, -0.2) is 9.50 Å². The molecule has 4 aliphatic rings. The number of ether oxygens (including phenoxy) is 1. The number of nitrogen functional groups attached to an aromatic ring is 1. The Bertz CT molecular complexity index is 1340. The number of hydrogen-bond donors (Lipinski definition) is 1. The summed E-state index contributed by atoms with van der Waals surface area (Å²) >= 11 is 0. The van der Waals surface area contributed by atoms with Crippen LogP contribution in [0.25, 0.3) is 16.6 Å². The smallest absolute Gasteiger partial charge is 0.244 e. The lowest BCUT2D eigenvalue weighted by Crippen LogP contribution is -2.69. The summed E-state index contributed by atoms with van der Waals surface area (Å²) in [5.74, 6) is 0.0852. The Morgan fingerprint density at radius 1 is 1.29 bits per heavy atom. The van der Waals surface area contributed by atoms with E-state index in [9.17, 15) is 9.18 Å². The highest BCUT2D eigenvalue weighted by Crippen LogP contribution is 2.36. The second-order valence-corrected chi connectivity index (χ2v) is 9.31. The van der Waals surface area contributed by atoms with Gasteiger partial charge < -0.3 is 15.4 Å². The minimum atomic E-state index is -0.817. The number of piperidine rings is 1. The number of pyridine rings is 2. The number of anilines is 2. The van der Waals surface area contributed by atoms with Gasteiger partial charge in [0.25, 0.3) is 0 Å². The second kappa shape index (κ2) is 8.54. The summed E-state index contributed by atoms with van der Waals surface area (Å²) in [6.45, 7) is 2.75. The van der Waals surface area contributed by atoms with Gasteiger partial charge in [0, 0.05) is 68.8 Å². The summed E-state index contributed by atoms with van der Waals surface area (Å²) < 4.78 is 20.7. The van der Waals surface area contributed by atoms with Crippen molar-refractivity contribution in [3.05, 3.63) is 53.8 Å². The standard InChI is InChI=1S/C25H26FN7O2/c1-35-23-5-2-15(8-29-23)10-32-18-7-19(32)13-31(12-18)22-4-3-16(9-28-22)20-6-17(27)11-33-24(20)21(14-34)25(26)30-33/h2-4,6,8-9,11,14,18-19,23H,5,7,10,12-13,27H2,1H3. The number of aliphatic imine (C=N–C) groups is 1. The molecule has 3 saturated heterocycles. The van der Waals surface area contributed by atoms with Crippen LogP contribution in [0, 0.1) is 5.95 Å². The lowest BCUT2D eigenvalue weighted by atomic mass is 9.86. The Morgan fingerprint density at radius 3 is 2.77 bits per heavy atom. The van der Waals surface area contributed by atoms with Crippen molar-refractivity contribution in [2.75, 3.05) is 37.4 Å². The fourth-order valence-electron chi connectivity index (χ4n) is 5.40. The van der Waals surface area contributed by atoms with Crippen LogP contribution in [0.15, 0.2) is 47.2 Å². The first-order valence-corrected chi connectivity index (χ1v) is 11.7. The summed E-state index contributed by atoms with van der Waals surface area (Å²) in [4.78, 5) is 25.5. The van der Waals surface area contributed by atoms with Crippen LogP contribution in [-0.2, 0) is 4.74 Å². The molecule has 0 spiro atoms. The third-order valence-electron chi connectivity index (χ3n) is 7.21. The molecule has 0 amide bonds. The van der Waals surface area contributed by atoms with E-state index in [1.807, 2.05) is 18.3 Å². The van der Waals surface area contributed by atoms with Crippen molar-refractivity contribution < 1.29 is 13.9 Å². The van der Waals surface area contributed by atoms with E-state index < -0.39 is 5.95 Å². The molecule has 7 heterocycles. The molecule has 35 heavy (non-hydrogen) atoms. The summed E-state index contributed by atoms with van der Waals surface area (Å²) in [5.41, 5.74) is 9.33. The summed E-state index contributed by atoms with van der Waals surface area (Å²) in [6, 6.07) is 6.60. The zero-order chi connectivity index (χ0) is 24.1. The first-order valence-electron chi connectivity index (χ1n) is 11.7. The Balaban J connectivity index is 1.18. The van der Waals surface area contributed by atoms with Gasteiger partial charge in [-0.15, -0.1) is 5.10 Å². The lowest BCUT2D eigenvalue weighted by Gasteiger charge is -2.57. The fourth-order valence-corrected chi connectivity index (χ4v) is 5.40. The summed E-state index contributed by atoms with van der Waals surface area (Å²) in [6.07, 6.45) is 9.86. The highest BCUT2D eigenvalue weighted by molar-refractivity contribution is 5.95. The SMILES string of the molecule is COC1CC=C(CN2C3CC2CN(c2ccc(-c4cc(N)cn5nc(F)c(C=O)c45)cn2)C3)C=N1. The van der Waals surface area contributed by atoms with E-state index in [-0.39, 0.29) is 11.8 Å². The van der Waals surface area contributed by atoms with Gasteiger partial charge in [0.15, 0.2) is 12.5 Å². The first-order chi connectivity index (χ1) is 17.0. The number of halogens is 1. The molecule has 0 aliphatic carbocycles. The van der Waals surface area contributed by atoms with Gasteiger partial charge in [-0.1, -0.05) is 6.08 Å². The van der Waals surface area contributed by atoms with E-state index in [4.69, 9.17) is 15.5 Å². The molecule has 2 bridgehead atoms. The molecule has 10 heteroatoms. The molecule has 180 valence electrons. The van der Waals surface area contributed by atoms with Crippen LogP contribution in [-0.4, -0.2) is 77.1 Å². The van der Waals surface area contributed by atoms with Crippen molar-refractivity contribution in [2.45, 2.75) is 31.2 Å². The van der Waals surface area contributed by atoms with E-state index in [0.717, 1.165) is 37.4 Å². The Kier molecular flexibility index (Phi) is 5.34. The van der Waals surface area contributed by atoms with E-state index in [1.165, 1.54) is 22.7 Å². The predicted octanol–water partition coefficient (Wildman–Crippen LogP) is 2.57. The van der Waals surface area contributed by atoms with Gasteiger partial charge in [0.05, 0.1) is 23.0 Å². The second-order valence-electron chi connectivity index (χ2n) is 9.31. The number of dihydropyridines is 1. The molecular weight excluding hydrogens is 449 g/mol. The molecule has 3 unspecified atom stereocenters. The average molecular weight is 476 g/mol. The molecule has 7 rings (SSSR count). The highest BCUT2D eigenvalue weighted by atomic mass is 19.1. The molecule has 0 radical (unpaired) electrons. The minimum Gasteiger partial charge on any atom is -0.397 e. The number of nitrogens with zero attached hydrogens (tertiary/aromatic N) is 6. The van der Waals surface area contributed by atoms with Crippen LogP contribution in [0.2, 0.25) is 0 Å². The van der Waals surface area contributed by atoms with Crippen molar-refractivity contribution >= 4 is 29.5 Å². The molecule has 2 N–H and O–H groups in total. The van der Waals surface area contributed by atoms with Crippen molar-refractivity contribution in [3.63, 3.8) is 0 Å². The fraction of sp³-hybridized carbons (Fsp3) is 0.360. The van der Waals surface area contributed by atoms with Gasteiger partial charge in [-0.3, -0.25) is 14.7 Å². The van der Waals surface area contributed by atoms with Gasteiger partial charge in [0.2, 0.25) is 5.95 Å². The molecular formula is C25H26FN7O2. The number of aromatic nitrogens is 3. The number of fused-ring (bicyclic) bond motifs is 3. The van der Waals surface area contributed by atoms with Crippen LogP contribution < -0.4 is 10.6 Å². The molecule has 4 aliphatic heterocycles. The average Bonchev–Trinajstić information content (AvgIpc) is 3.21. The maximum atomic E-state index is 14.1. The van der Waals surface area contributed by atoms with Gasteiger partial charge >= 0.3 is 0 Å². The molecule has 9 nitrogen and oxygen atoms in total. The van der Waals surface area contributed by atoms with Crippen LogP contribution in [0.4, 0.5) is 15.9 Å². The van der Waals surface area contributed by atoms with Crippen LogP contribution >= 0.6 is 0 Å². The third kappa shape index (κ3) is 3.78. The van der Waals surface area contributed by atoms with Gasteiger partial charge in [-0.2, -0.15) is 4.39 Å². The summed E-state index contributed by atoms with van der Waals surface area (Å²) in [7, 11) is 1.69. The minimum absolute atomic E-state index is 0.0550. The van der Waals surface area contributed by atoms with Crippen LogP contribution in [0.1, 0.15) is 23.2 Å². The predicted molar refractivity (Wildman–Crippen MR) is 131 cm³/mol. The first kappa shape index (κ1) is 21.9. The Labute approximate surface area is 201 Å². The maximum absolute atomic E-state index is 14.1. The lowest BCUT2D eigenvalue weighted by molar-refractivity contribution is 0.00904. The normalized spacial score (nSPS) is 23.9. The molecule has 3 aromatic heterocycles. The number of carbonyl (C=O) groups excluding carboxylic acids is 1. The zero-order valence-electron chi connectivity index (χ0n) is 19.3. The quantitative estimate of drug-likeness (QED) is 0.547. The molecule has 3 aromatic rings. The molecule has 3 fully saturated rings. The zero-order valence-corrected chi connectivity index (χ0v) is 19.3. The number of aldehydes is 1. The topological polar surface area (TPSA) is 101 Å². The van der Waals surface area contributed by atoms with Gasteiger partial charge in [0.1, 0.15) is 5.82 Å². The Morgan fingerprint density at radius 2 is 2.11 bits per heavy atom. The van der Waals surface area contributed by atoms with Crippen molar-refractivity contribution in [1.29, 1.82) is 0 Å². The Hall–Kier alpha value is -3.63. The van der Waals surface area contributed by atoms with Crippen LogP contribution in [0.5, 0.6) is 0 Å².